The number of rotatable bonds is 7. The van der Waals surface area contributed by atoms with Crippen LogP contribution in [0.1, 0.15) is 20.8 Å². The van der Waals surface area contributed by atoms with Gasteiger partial charge in [0, 0.05) is 17.3 Å². The van der Waals surface area contributed by atoms with Crippen molar-refractivity contribution < 1.29 is 19.1 Å². The fraction of sp³-hybridized carbons (Fsp3) is 0.500. The summed E-state index contributed by atoms with van der Waals surface area (Å²) in [6.07, 6.45) is -0.462. The SMILES string of the molecule is COc1ccc(Cl)cc1NC(=O)CSCCNC(=O)OC(C)(C)C. The van der Waals surface area contributed by atoms with Crippen LogP contribution in [0.4, 0.5) is 10.5 Å². The second-order valence-corrected chi connectivity index (χ2v) is 7.42. The molecular weight excluding hydrogens is 352 g/mol. The third-order valence-electron chi connectivity index (χ3n) is 2.58. The second-order valence-electron chi connectivity index (χ2n) is 5.87. The van der Waals surface area contributed by atoms with E-state index in [-0.39, 0.29) is 11.7 Å². The third-order valence-corrected chi connectivity index (χ3v) is 3.78. The van der Waals surface area contributed by atoms with Crippen molar-refractivity contribution in [3.8, 4) is 5.75 Å². The first-order chi connectivity index (χ1) is 11.2. The molecule has 1 aromatic carbocycles. The molecule has 0 bridgehead atoms. The molecule has 1 aromatic rings. The Morgan fingerprint density at radius 2 is 2.00 bits per heavy atom. The molecule has 0 saturated heterocycles. The number of amides is 2. The van der Waals surface area contributed by atoms with Crippen molar-refractivity contribution in [1.29, 1.82) is 0 Å². The zero-order valence-corrected chi connectivity index (χ0v) is 15.8. The van der Waals surface area contributed by atoms with Crippen LogP contribution < -0.4 is 15.4 Å². The van der Waals surface area contributed by atoms with E-state index >= 15 is 0 Å². The molecule has 0 atom stereocenters. The van der Waals surface area contributed by atoms with Gasteiger partial charge in [-0.1, -0.05) is 11.6 Å². The number of hydrogen-bond donors (Lipinski definition) is 2. The predicted octanol–water partition coefficient (Wildman–Crippen LogP) is 3.55. The minimum Gasteiger partial charge on any atom is -0.495 e. The number of carbonyl (C=O) groups excluding carboxylic acids is 2. The first kappa shape index (κ1) is 20.4. The Bertz CT molecular complexity index is 576. The first-order valence-electron chi connectivity index (χ1n) is 7.39. The molecule has 0 spiro atoms. The summed E-state index contributed by atoms with van der Waals surface area (Å²) in [5, 5.41) is 5.90. The van der Waals surface area contributed by atoms with Crippen molar-refractivity contribution in [2.24, 2.45) is 0 Å². The maximum atomic E-state index is 11.9. The highest BCUT2D eigenvalue weighted by molar-refractivity contribution is 7.99. The minimum absolute atomic E-state index is 0.169. The summed E-state index contributed by atoms with van der Waals surface area (Å²) in [6.45, 7) is 5.83. The molecule has 0 heterocycles. The zero-order chi connectivity index (χ0) is 18.2. The molecule has 0 aliphatic carbocycles. The van der Waals surface area contributed by atoms with E-state index in [4.69, 9.17) is 21.1 Å². The molecule has 0 saturated carbocycles. The van der Waals surface area contributed by atoms with Crippen LogP contribution in [0.25, 0.3) is 0 Å². The van der Waals surface area contributed by atoms with Gasteiger partial charge in [0.15, 0.2) is 0 Å². The van der Waals surface area contributed by atoms with Crippen molar-refractivity contribution in [2.75, 3.05) is 30.5 Å². The topological polar surface area (TPSA) is 76.7 Å². The molecule has 0 aliphatic heterocycles. The van der Waals surface area contributed by atoms with Gasteiger partial charge in [-0.25, -0.2) is 4.79 Å². The van der Waals surface area contributed by atoms with Gasteiger partial charge in [-0.05, 0) is 39.0 Å². The Morgan fingerprint density at radius 3 is 2.62 bits per heavy atom. The summed E-state index contributed by atoms with van der Waals surface area (Å²) in [4.78, 5) is 23.4. The summed E-state index contributed by atoms with van der Waals surface area (Å²) in [5.74, 6) is 1.23. The number of methoxy groups -OCH3 is 1. The van der Waals surface area contributed by atoms with E-state index in [0.29, 0.717) is 28.8 Å². The number of alkyl carbamates (subject to hydrolysis) is 1. The first-order valence-corrected chi connectivity index (χ1v) is 8.92. The molecule has 8 heteroatoms. The van der Waals surface area contributed by atoms with E-state index in [9.17, 15) is 9.59 Å². The van der Waals surface area contributed by atoms with Crippen molar-refractivity contribution in [3.63, 3.8) is 0 Å². The highest BCUT2D eigenvalue weighted by atomic mass is 35.5. The lowest BCUT2D eigenvalue weighted by Crippen LogP contribution is -2.33. The fourth-order valence-corrected chi connectivity index (χ4v) is 2.49. The van der Waals surface area contributed by atoms with Crippen molar-refractivity contribution in [1.82, 2.24) is 5.32 Å². The van der Waals surface area contributed by atoms with E-state index < -0.39 is 11.7 Å². The maximum Gasteiger partial charge on any atom is 0.407 e. The predicted molar refractivity (Wildman–Crippen MR) is 98.2 cm³/mol. The average Bonchev–Trinajstić information content (AvgIpc) is 2.45. The summed E-state index contributed by atoms with van der Waals surface area (Å²) >= 11 is 7.32. The highest BCUT2D eigenvalue weighted by Gasteiger charge is 2.15. The number of nitrogens with one attached hydrogen (secondary N) is 2. The Kier molecular flexibility index (Phi) is 8.21. The maximum absolute atomic E-state index is 11.9. The van der Waals surface area contributed by atoms with Gasteiger partial charge in [-0.15, -0.1) is 0 Å². The van der Waals surface area contributed by atoms with Gasteiger partial charge in [-0.2, -0.15) is 11.8 Å². The number of ether oxygens (including phenoxy) is 2. The second kappa shape index (κ2) is 9.64. The molecule has 2 amide bonds. The van der Waals surface area contributed by atoms with Crippen molar-refractivity contribution in [3.05, 3.63) is 23.2 Å². The lowest BCUT2D eigenvalue weighted by atomic mass is 10.2. The zero-order valence-electron chi connectivity index (χ0n) is 14.3. The molecule has 1 rings (SSSR count). The van der Waals surface area contributed by atoms with Crippen LogP contribution in [0.5, 0.6) is 5.75 Å². The van der Waals surface area contributed by atoms with Gasteiger partial charge in [0.25, 0.3) is 0 Å². The monoisotopic (exact) mass is 374 g/mol. The van der Waals surface area contributed by atoms with Gasteiger partial charge in [0.1, 0.15) is 11.4 Å². The molecule has 24 heavy (non-hydrogen) atoms. The number of carbonyl (C=O) groups is 2. The van der Waals surface area contributed by atoms with Crippen LogP contribution >= 0.6 is 23.4 Å². The molecule has 2 N–H and O–H groups in total. The van der Waals surface area contributed by atoms with Gasteiger partial charge in [0.2, 0.25) is 5.91 Å². The van der Waals surface area contributed by atoms with Crippen LogP contribution in [0, 0.1) is 0 Å². The number of hydrogen-bond acceptors (Lipinski definition) is 5. The van der Waals surface area contributed by atoms with E-state index in [2.05, 4.69) is 10.6 Å². The van der Waals surface area contributed by atoms with Crippen LogP contribution in [-0.4, -0.2) is 42.8 Å². The Hall–Kier alpha value is -1.60. The van der Waals surface area contributed by atoms with Gasteiger partial charge < -0.3 is 20.1 Å². The van der Waals surface area contributed by atoms with Gasteiger partial charge in [-0.3, -0.25) is 4.79 Å². The number of thioether (sulfide) groups is 1. The Balaban J connectivity index is 2.28. The van der Waals surface area contributed by atoms with Gasteiger partial charge in [0.05, 0.1) is 18.6 Å². The molecular formula is C16H23ClN2O4S. The Labute approximate surface area is 151 Å². The van der Waals surface area contributed by atoms with E-state index in [0.717, 1.165) is 0 Å². The normalized spacial score (nSPS) is 10.9. The van der Waals surface area contributed by atoms with E-state index in [1.807, 2.05) is 0 Å². The number of halogens is 1. The average molecular weight is 375 g/mol. The molecule has 6 nitrogen and oxygen atoms in total. The fourth-order valence-electron chi connectivity index (χ4n) is 1.67. The van der Waals surface area contributed by atoms with Crippen LogP contribution in [0.3, 0.4) is 0 Å². The molecule has 0 fully saturated rings. The lowest BCUT2D eigenvalue weighted by molar-refractivity contribution is -0.113. The minimum atomic E-state index is -0.521. The summed E-state index contributed by atoms with van der Waals surface area (Å²) < 4.78 is 10.3. The third kappa shape index (κ3) is 8.31. The van der Waals surface area contributed by atoms with Gasteiger partial charge >= 0.3 is 6.09 Å². The van der Waals surface area contributed by atoms with Crippen molar-refractivity contribution >= 4 is 41.1 Å². The largest absolute Gasteiger partial charge is 0.495 e. The quantitative estimate of drug-likeness (QED) is 0.714. The lowest BCUT2D eigenvalue weighted by Gasteiger charge is -2.19. The molecule has 134 valence electrons. The standard InChI is InChI=1S/C16H23ClN2O4S/c1-16(2,3)23-15(21)18-7-8-24-10-14(20)19-12-9-11(17)5-6-13(12)22-4/h5-6,9H,7-8,10H2,1-4H3,(H,18,21)(H,19,20). The smallest absolute Gasteiger partial charge is 0.407 e. The van der Waals surface area contributed by atoms with E-state index in [1.54, 1.807) is 39.0 Å². The highest BCUT2D eigenvalue weighted by Crippen LogP contribution is 2.27. The summed E-state index contributed by atoms with van der Waals surface area (Å²) in [6, 6.07) is 5.01. The van der Waals surface area contributed by atoms with Crippen molar-refractivity contribution in [2.45, 2.75) is 26.4 Å². The van der Waals surface area contributed by atoms with Crippen LogP contribution in [0.2, 0.25) is 5.02 Å². The molecule has 0 aliphatic rings. The molecule has 0 radical (unpaired) electrons. The van der Waals surface area contributed by atoms with Crippen LogP contribution in [0.15, 0.2) is 18.2 Å². The van der Waals surface area contributed by atoms with Crippen LogP contribution in [-0.2, 0) is 9.53 Å². The molecule has 0 aromatic heterocycles. The van der Waals surface area contributed by atoms with E-state index in [1.165, 1.54) is 18.9 Å². The Morgan fingerprint density at radius 1 is 1.29 bits per heavy atom. The summed E-state index contributed by atoms with van der Waals surface area (Å²) in [5.41, 5.74) is 0.00937. The molecule has 0 unspecified atom stereocenters. The summed E-state index contributed by atoms with van der Waals surface area (Å²) in [7, 11) is 1.52. The number of benzene rings is 1. The number of anilines is 1.